The molecule has 0 N–H and O–H groups in total. The van der Waals surface area contributed by atoms with Crippen molar-refractivity contribution >= 4 is 11.9 Å². The van der Waals surface area contributed by atoms with Crippen molar-refractivity contribution in [3.63, 3.8) is 0 Å². The van der Waals surface area contributed by atoms with Crippen molar-refractivity contribution < 1.29 is 56.2 Å². The number of hydrogen-bond donors (Lipinski definition) is 0. The summed E-state index contributed by atoms with van der Waals surface area (Å²) < 4.78 is 107. The number of amides is 1. The second-order valence-corrected chi connectivity index (χ2v) is 17.0. The van der Waals surface area contributed by atoms with E-state index in [4.69, 9.17) is 15.6 Å². The Kier molecular flexibility index (Phi) is 13.9. The summed E-state index contributed by atoms with van der Waals surface area (Å²) in [5.74, 6) is 1.86. The minimum Gasteiger partial charge on any atom is -0.493 e. The number of fused-ring (bicyclic) bond motifs is 5. The van der Waals surface area contributed by atoms with E-state index >= 15 is 0 Å². The van der Waals surface area contributed by atoms with Crippen molar-refractivity contribution in [3.8, 4) is 5.75 Å². The Morgan fingerprint density at radius 2 is 1.77 bits per heavy atom. The number of ether oxygens (including phenoxy) is 4. The second-order valence-electron chi connectivity index (χ2n) is 17.0. The van der Waals surface area contributed by atoms with Gasteiger partial charge in [-0.1, -0.05) is 13.0 Å². The van der Waals surface area contributed by atoms with Crippen LogP contribution in [0.25, 0.3) is 0 Å². The molecule has 0 aromatic heterocycles. The van der Waals surface area contributed by atoms with Crippen LogP contribution in [-0.4, -0.2) is 130 Å². The Morgan fingerprint density at radius 3 is 2.48 bits per heavy atom. The lowest BCUT2D eigenvalue weighted by atomic mass is 9.55. The molecule has 5 rings (SSSR count). The Bertz CT molecular complexity index is 1500. The highest BCUT2D eigenvalue weighted by Crippen LogP contribution is 2.62. The molecular formula is C41H61F6N3O6. The highest BCUT2D eigenvalue weighted by molar-refractivity contribution is 5.78. The minimum atomic E-state index is -5.61. The van der Waals surface area contributed by atoms with E-state index in [1.807, 2.05) is 25.1 Å². The third-order valence-electron chi connectivity index (χ3n) is 13.5. The Hall–Kier alpha value is -2.62. The van der Waals surface area contributed by atoms with Crippen LogP contribution in [0.1, 0.15) is 96.5 Å². The van der Waals surface area contributed by atoms with E-state index in [0.717, 1.165) is 57.2 Å². The number of halogens is 6. The van der Waals surface area contributed by atoms with Gasteiger partial charge >= 0.3 is 18.3 Å². The molecule has 2 saturated carbocycles. The summed E-state index contributed by atoms with van der Waals surface area (Å²) in [5.41, 5.74) is -1.62. The average Bonchev–Trinajstić information content (AvgIpc) is 3.68. The van der Waals surface area contributed by atoms with E-state index in [-0.39, 0.29) is 69.0 Å². The fourth-order valence-corrected chi connectivity index (χ4v) is 10.1. The summed E-state index contributed by atoms with van der Waals surface area (Å²) in [4.78, 5) is 31.4. The predicted molar refractivity (Wildman–Crippen MR) is 198 cm³/mol. The van der Waals surface area contributed by atoms with Crippen molar-refractivity contribution in [3.05, 3.63) is 29.3 Å². The average molecular weight is 807 g/mol. The van der Waals surface area contributed by atoms with Gasteiger partial charge in [0.05, 0.1) is 27.2 Å². The van der Waals surface area contributed by atoms with Gasteiger partial charge in [0.1, 0.15) is 5.75 Å². The van der Waals surface area contributed by atoms with Crippen LogP contribution in [0.2, 0.25) is 0 Å². The van der Waals surface area contributed by atoms with E-state index in [9.17, 15) is 35.9 Å². The molecule has 1 amide bonds. The summed E-state index contributed by atoms with van der Waals surface area (Å²) in [7, 11) is 5.41. The van der Waals surface area contributed by atoms with Gasteiger partial charge in [-0.2, -0.15) is 26.3 Å². The number of hydrogen-bond acceptors (Lipinski definition) is 8. The first kappa shape index (κ1) is 43.0. The van der Waals surface area contributed by atoms with Crippen LogP contribution in [0.5, 0.6) is 5.75 Å². The number of methoxy groups -OCH3 is 1. The molecule has 0 radical (unpaired) electrons. The highest BCUT2D eigenvalue weighted by atomic mass is 19.4. The van der Waals surface area contributed by atoms with Crippen molar-refractivity contribution in [2.45, 2.75) is 127 Å². The van der Waals surface area contributed by atoms with Crippen LogP contribution in [-0.2, 0) is 30.2 Å². The Morgan fingerprint density at radius 1 is 1.02 bits per heavy atom. The summed E-state index contributed by atoms with van der Waals surface area (Å²) in [6.45, 7) is 3.17. The van der Waals surface area contributed by atoms with Gasteiger partial charge in [-0.15, -0.1) is 0 Å². The molecule has 56 heavy (non-hydrogen) atoms. The SMILES string of the molecule is [2H]COC1CC(CCC(=O)OCCCOc2ccc3c(c2)CCC2C3CC[C@@]3(C)C2CC[C@@H]3N(C)C(=O)CN(C)CCCOC(C)(C(F)(F)F)C(F)(F)F)N(C)C1. The second kappa shape index (κ2) is 18.1. The molecule has 1 heterocycles. The minimum absolute atomic E-state index is 0.00250. The van der Waals surface area contributed by atoms with Crippen LogP contribution in [0.3, 0.4) is 0 Å². The molecule has 15 heteroatoms. The molecule has 1 saturated heterocycles. The molecular weight excluding hydrogens is 744 g/mol. The van der Waals surface area contributed by atoms with Gasteiger partial charge < -0.3 is 28.7 Å². The third kappa shape index (κ3) is 9.80. The number of likely N-dealkylation sites (tertiary alicyclic amines) is 1. The molecule has 5 unspecified atom stereocenters. The number of carbonyl (C=O) groups is 2. The summed E-state index contributed by atoms with van der Waals surface area (Å²) >= 11 is 0. The largest absolute Gasteiger partial charge is 0.493 e. The van der Waals surface area contributed by atoms with Crippen molar-refractivity contribution in [1.82, 2.24) is 14.7 Å². The fourth-order valence-electron chi connectivity index (χ4n) is 10.1. The zero-order valence-corrected chi connectivity index (χ0v) is 33.5. The molecule has 7 atom stereocenters. The molecule has 1 aromatic rings. The standard InChI is InChI=1S/C41H61F6N3O6/c1-38-18-17-32-31-13-11-29(54-20-8-21-55-37(52)16-10-28-24-30(53-6)25-49(28)4)23-27(31)9-12-33(32)34(38)14-15-35(38)50(5)36(51)26-48(3)19-7-22-56-39(2,40(42,43)44)41(45,46)47/h11,13,23,28,30,32-35H,7-10,12,14-22,24-26H2,1-6H3/t28?,30?,32?,33?,34?,35-,38-/m0/s1/i6D. The number of rotatable bonds is 17. The Balaban J connectivity index is 1.04. The predicted octanol–water partition coefficient (Wildman–Crippen LogP) is 7.40. The summed E-state index contributed by atoms with van der Waals surface area (Å²) in [6, 6.07) is 6.69. The molecule has 3 aliphatic carbocycles. The van der Waals surface area contributed by atoms with Gasteiger partial charge in [-0.05, 0) is 125 Å². The topological polar surface area (TPSA) is 80.8 Å². The van der Waals surface area contributed by atoms with Gasteiger partial charge in [0.15, 0.2) is 0 Å². The number of alkyl halides is 6. The van der Waals surface area contributed by atoms with Gasteiger partial charge in [0, 0.05) is 58.8 Å². The van der Waals surface area contributed by atoms with Crippen LogP contribution in [0.15, 0.2) is 18.2 Å². The van der Waals surface area contributed by atoms with Crippen LogP contribution in [0.4, 0.5) is 26.3 Å². The number of nitrogens with zero attached hydrogens (tertiary/aromatic N) is 3. The van der Waals surface area contributed by atoms with Crippen molar-refractivity contribution in [2.75, 3.05) is 67.7 Å². The first-order chi connectivity index (χ1) is 26.8. The molecule has 3 fully saturated rings. The molecule has 4 aliphatic rings. The van der Waals surface area contributed by atoms with E-state index in [2.05, 4.69) is 28.7 Å². The van der Waals surface area contributed by atoms with E-state index in [0.29, 0.717) is 50.2 Å². The smallest absolute Gasteiger partial charge is 0.426 e. The molecule has 0 bridgehead atoms. The normalized spacial score (nSPS) is 28.4. The first-order valence-corrected chi connectivity index (χ1v) is 20.0. The summed E-state index contributed by atoms with van der Waals surface area (Å²) in [5, 5.41) is 0. The lowest BCUT2D eigenvalue weighted by Crippen LogP contribution is -2.56. The fraction of sp³-hybridized carbons (Fsp3) is 0.805. The number of likely N-dealkylation sites (N-methyl/N-ethyl adjacent to an activating group) is 3. The molecule has 1 aromatic carbocycles. The number of benzene rings is 1. The molecule has 1 aliphatic heterocycles. The maximum Gasteiger partial charge on any atom is 0.426 e. The molecule has 318 valence electrons. The molecule has 0 spiro atoms. The van der Waals surface area contributed by atoms with Gasteiger partial charge in [0.25, 0.3) is 5.60 Å². The zero-order valence-electron chi connectivity index (χ0n) is 34.5. The lowest BCUT2D eigenvalue weighted by Gasteiger charge is -2.52. The van der Waals surface area contributed by atoms with Gasteiger partial charge in [-0.25, -0.2) is 0 Å². The zero-order chi connectivity index (χ0) is 41.8. The van der Waals surface area contributed by atoms with E-state index < -0.39 is 24.6 Å². The number of carbonyl (C=O) groups excluding carboxylic acids is 2. The number of esters is 1. The summed E-state index contributed by atoms with van der Waals surface area (Å²) in [6.07, 6.45) is -2.89. The first-order valence-electron chi connectivity index (χ1n) is 20.7. The van der Waals surface area contributed by atoms with E-state index in [1.165, 1.54) is 11.1 Å². The monoisotopic (exact) mass is 806 g/mol. The maximum absolute atomic E-state index is 13.5. The Labute approximate surface area is 329 Å². The van der Waals surface area contributed by atoms with Crippen molar-refractivity contribution in [2.24, 2.45) is 17.3 Å². The van der Waals surface area contributed by atoms with Gasteiger partial charge in [-0.3, -0.25) is 14.5 Å². The van der Waals surface area contributed by atoms with Crippen LogP contribution < -0.4 is 4.74 Å². The molecule has 9 nitrogen and oxygen atoms in total. The lowest BCUT2D eigenvalue weighted by molar-refractivity contribution is -0.374. The third-order valence-corrected chi connectivity index (χ3v) is 13.5. The quantitative estimate of drug-likeness (QED) is 0.0917. The van der Waals surface area contributed by atoms with Crippen LogP contribution >= 0.6 is 0 Å². The maximum atomic E-state index is 13.5. The highest BCUT2D eigenvalue weighted by Gasteiger charge is 2.69. The van der Waals surface area contributed by atoms with Gasteiger partial charge in [0.2, 0.25) is 5.91 Å². The number of aryl methyl sites for hydroxylation is 1. The van der Waals surface area contributed by atoms with Crippen molar-refractivity contribution in [1.29, 1.82) is 0 Å². The van der Waals surface area contributed by atoms with Crippen LogP contribution in [0, 0.1) is 17.3 Å². The van der Waals surface area contributed by atoms with E-state index in [1.54, 1.807) is 11.9 Å².